The molecule has 0 saturated carbocycles. The smallest absolute Gasteiger partial charge is 0.307 e. The van der Waals surface area contributed by atoms with E-state index in [4.69, 9.17) is 4.74 Å². The number of ether oxygens (including phenoxy) is 2. The fourth-order valence-corrected chi connectivity index (χ4v) is 1.83. The molecule has 5 heteroatoms. The predicted octanol–water partition coefficient (Wildman–Crippen LogP) is 2.09. The van der Waals surface area contributed by atoms with Crippen LogP contribution in [0.5, 0.6) is 5.75 Å². The first kappa shape index (κ1) is 17.0. The summed E-state index contributed by atoms with van der Waals surface area (Å²) in [6.07, 6.45) is 0.194. The summed E-state index contributed by atoms with van der Waals surface area (Å²) >= 11 is 0. The lowest BCUT2D eigenvalue weighted by atomic mass is 10.1. The molecule has 0 N–H and O–H groups in total. The highest BCUT2D eigenvalue weighted by molar-refractivity contribution is 5.78. The van der Waals surface area contributed by atoms with Crippen molar-refractivity contribution in [3.63, 3.8) is 0 Å². The maximum Gasteiger partial charge on any atom is 0.307 e. The fraction of sp³-hybridized carbons (Fsp3) is 0.500. The topological polar surface area (TPSA) is 55.8 Å². The standard InChI is InChI=1S/C16H23NO4/c1-5-17(9-8-16(19)20-4)15(18)11-21-14-7-6-12(2)13(3)10-14/h6-7,10H,5,8-9,11H2,1-4H3. The van der Waals surface area contributed by atoms with Crippen LogP contribution in [0, 0.1) is 13.8 Å². The Morgan fingerprint density at radius 1 is 1.19 bits per heavy atom. The summed E-state index contributed by atoms with van der Waals surface area (Å²) in [4.78, 5) is 24.7. The summed E-state index contributed by atoms with van der Waals surface area (Å²) < 4.78 is 10.1. The van der Waals surface area contributed by atoms with Gasteiger partial charge in [-0.3, -0.25) is 9.59 Å². The van der Waals surface area contributed by atoms with Gasteiger partial charge in [-0.05, 0) is 44.0 Å². The van der Waals surface area contributed by atoms with Crippen LogP contribution in [0.1, 0.15) is 24.5 Å². The van der Waals surface area contributed by atoms with Crippen LogP contribution in [0.15, 0.2) is 18.2 Å². The van der Waals surface area contributed by atoms with Crippen LogP contribution in [0.25, 0.3) is 0 Å². The molecule has 0 aliphatic heterocycles. The van der Waals surface area contributed by atoms with Gasteiger partial charge in [0.05, 0.1) is 13.5 Å². The largest absolute Gasteiger partial charge is 0.484 e. The summed E-state index contributed by atoms with van der Waals surface area (Å²) in [7, 11) is 1.34. The molecule has 21 heavy (non-hydrogen) atoms. The van der Waals surface area contributed by atoms with Gasteiger partial charge < -0.3 is 14.4 Å². The second-order valence-corrected chi connectivity index (χ2v) is 4.83. The lowest BCUT2D eigenvalue weighted by Crippen LogP contribution is -2.36. The number of nitrogens with zero attached hydrogens (tertiary/aromatic N) is 1. The van der Waals surface area contributed by atoms with Crippen LogP contribution in [-0.2, 0) is 14.3 Å². The zero-order valence-corrected chi connectivity index (χ0v) is 13.1. The fourth-order valence-electron chi connectivity index (χ4n) is 1.83. The van der Waals surface area contributed by atoms with E-state index in [0.29, 0.717) is 18.8 Å². The van der Waals surface area contributed by atoms with Crippen LogP contribution in [0.2, 0.25) is 0 Å². The lowest BCUT2D eigenvalue weighted by molar-refractivity contribution is -0.142. The van der Waals surface area contributed by atoms with Crippen molar-refractivity contribution in [2.45, 2.75) is 27.2 Å². The van der Waals surface area contributed by atoms with Crippen molar-refractivity contribution in [3.8, 4) is 5.75 Å². The van der Waals surface area contributed by atoms with Gasteiger partial charge in [-0.25, -0.2) is 0 Å². The Morgan fingerprint density at radius 3 is 2.48 bits per heavy atom. The first-order valence-electron chi connectivity index (χ1n) is 7.02. The van der Waals surface area contributed by atoms with Crippen LogP contribution in [-0.4, -0.2) is 43.6 Å². The van der Waals surface area contributed by atoms with Crippen LogP contribution >= 0.6 is 0 Å². The first-order valence-corrected chi connectivity index (χ1v) is 7.02. The van der Waals surface area contributed by atoms with Crippen LogP contribution in [0.3, 0.4) is 0 Å². The van der Waals surface area contributed by atoms with Crippen LogP contribution in [0.4, 0.5) is 0 Å². The van der Waals surface area contributed by atoms with Crippen molar-refractivity contribution in [1.82, 2.24) is 4.90 Å². The molecule has 0 bridgehead atoms. The first-order chi connectivity index (χ1) is 9.97. The zero-order valence-electron chi connectivity index (χ0n) is 13.1. The number of benzene rings is 1. The molecular formula is C16H23NO4. The summed E-state index contributed by atoms with van der Waals surface area (Å²) in [5.74, 6) is 0.214. The molecular weight excluding hydrogens is 270 g/mol. The molecule has 0 atom stereocenters. The molecule has 0 aliphatic carbocycles. The number of aryl methyl sites for hydroxylation is 2. The molecule has 116 valence electrons. The van der Waals surface area contributed by atoms with Gasteiger partial charge in [0.15, 0.2) is 6.61 Å². The van der Waals surface area contributed by atoms with Crippen molar-refractivity contribution in [2.24, 2.45) is 0 Å². The summed E-state index contributed by atoms with van der Waals surface area (Å²) in [5.41, 5.74) is 2.31. The van der Waals surface area contributed by atoms with Crippen molar-refractivity contribution < 1.29 is 19.1 Å². The monoisotopic (exact) mass is 293 g/mol. The van der Waals surface area contributed by atoms with Gasteiger partial charge in [-0.15, -0.1) is 0 Å². The molecule has 0 saturated heterocycles. The third kappa shape index (κ3) is 5.45. The van der Waals surface area contributed by atoms with E-state index in [1.807, 2.05) is 39.0 Å². The maximum atomic E-state index is 12.0. The lowest BCUT2D eigenvalue weighted by Gasteiger charge is -2.20. The third-order valence-electron chi connectivity index (χ3n) is 3.39. The number of esters is 1. The molecule has 1 aromatic carbocycles. The average Bonchev–Trinajstić information content (AvgIpc) is 2.48. The van der Waals surface area contributed by atoms with E-state index in [-0.39, 0.29) is 24.9 Å². The minimum Gasteiger partial charge on any atom is -0.484 e. The quantitative estimate of drug-likeness (QED) is 0.722. The molecule has 0 heterocycles. The minimum atomic E-state index is -0.323. The number of hydrogen-bond acceptors (Lipinski definition) is 4. The Hall–Kier alpha value is -2.04. The van der Waals surface area contributed by atoms with Crippen LogP contribution < -0.4 is 4.74 Å². The summed E-state index contributed by atoms with van der Waals surface area (Å²) in [6.45, 7) is 6.74. The Kier molecular flexibility index (Phi) is 6.72. The van der Waals surface area contributed by atoms with E-state index in [1.54, 1.807) is 4.90 Å². The molecule has 1 aromatic rings. The summed E-state index contributed by atoms with van der Waals surface area (Å²) in [6, 6.07) is 5.72. The maximum absolute atomic E-state index is 12.0. The Balaban J connectivity index is 2.50. The second-order valence-electron chi connectivity index (χ2n) is 4.83. The number of likely N-dealkylation sites (N-methyl/N-ethyl adjacent to an activating group) is 1. The van der Waals surface area contributed by atoms with Gasteiger partial charge in [0.25, 0.3) is 5.91 Å². The SMILES string of the molecule is CCN(CCC(=O)OC)C(=O)COc1ccc(C)c(C)c1. The molecule has 5 nitrogen and oxygen atoms in total. The molecule has 0 aliphatic rings. The number of rotatable bonds is 7. The molecule has 0 radical (unpaired) electrons. The van der Waals surface area contributed by atoms with E-state index in [9.17, 15) is 9.59 Å². The van der Waals surface area contributed by atoms with Gasteiger partial charge in [0, 0.05) is 13.1 Å². The number of hydrogen-bond donors (Lipinski definition) is 0. The van der Waals surface area contributed by atoms with Crippen molar-refractivity contribution in [3.05, 3.63) is 29.3 Å². The van der Waals surface area contributed by atoms with Crippen molar-refractivity contribution in [1.29, 1.82) is 0 Å². The van der Waals surface area contributed by atoms with Gasteiger partial charge in [0.1, 0.15) is 5.75 Å². The molecule has 1 amide bonds. The van der Waals surface area contributed by atoms with Gasteiger partial charge >= 0.3 is 5.97 Å². The Bertz CT molecular complexity index is 499. The van der Waals surface area contributed by atoms with E-state index >= 15 is 0 Å². The van der Waals surface area contributed by atoms with E-state index in [0.717, 1.165) is 5.56 Å². The second kappa shape index (κ2) is 8.29. The van der Waals surface area contributed by atoms with E-state index in [2.05, 4.69) is 4.74 Å². The molecule has 0 spiro atoms. The number of carbonyl (C=O) groups is 2. The Morgan fingerprint density at radius 2 is 1.90 bits per heavy atom. The van der Waals surface area contributed by atoms with Gasteiger partial charge in [-0.1, -0.05) is 6.07 Å². The zero-order chi connectivity index (χ0) is 15.8. The highest BCUT2D eigenvalue weighted by Gasteiger charge is 2.14. The highest BCUT2D eigenvalue weighted by Crippen LogP contribution is 2.16. The van der Waals surface area contributed by atoms with Crippen molar-refractivity contribution >= 4 is 11.9 Å². The minimum absolute atomic E-state index is 0.0302. The van der Waals surface area contributed by atoms with E-state index < -0.39 is 0 Å². The molecule has 1 rings (SSSR count). The number of carbonyl (C=O) groups excluding carboxylic acids is 2. The third-order valence-corrected chi connectivity index (χ3v) is 3.39. The molecule has 0 aromatic heterocycles. The van der Waals surface area contributed by atoms with Gasteiger partial charge in [-0.2, -0.15) is 0 Å². The number of amides is 1. The van der Waals surface area contributed by atoms with E-state index in [1.165, 1.54) is 12.7 Å². The molecule has 0 fully saturated rings. The highest BCUT2D eigenvalue weighted by atomic mass is 16.5. The Labute approximate surface area is 125 Å². The summed E-state index contributed by atoms with van der Waals surface area (Å²) in [5, 5.41) is 0. The normalized spacial score (nSPS) is 10.1. The van der Waals surface area contributed by atoms with Gasteiger partial charge in [0.2, 0.25) is 0 Å². The predicted molar refractivity (Wildman–Crippen MR) is 80.3 cm³/mol. The number of methoxy groups -OCH3 is 1. The van der Waals surface area contributed by atoms with Crippen molar-refractivity contribution in [2.75, 3.05) is 26.8 Å². The molecule has 0 unspecified atom stereocenters. The average molecular weight is 293 g/mol.